The van der Waals surface area contributed by atoms with Gasteiger partial charge in [0.15, 0.2) is 0 Å². The Morgan fingerprint density at radius 2 is 1.94 bits per heavy atom. The molecule has 0 radical (unpaired) electrons. The van der Waals surface area contributed by atoms with E-state index in [2.05, 4.69) is 23.9 Å². The van der Waals surface area contributed by atoms with Crippen molar-refractivity contribution in [2.75, 3.05) is 12.3 Å². The first-order chi connectivity index (χ1) is 7.44. The average Bonchev–Trinajstić information content (AvgIpc) is 2.99. The van der Waals surface area contributed by atoms with Crippen LogP contribution in [0.3, 0.4) is 0 Å². The summed E-state index contributed by atoms with van der Waals surface area (Å²) in [7, 11) is -3.12. The fourth-order valence-electron chi connectivity index (χ4n) is 1.50. The van der Waals surface area contributed by atoms with Gasteiger partial charge in [0, 0.05) is 18.6 Å². The van der Waals surface area contributed by atoms with Gasteiger partial charge in [-0.3, -0.25) is 0 Å². The van der Waals surface area contributed by atoms with Crippen LogP contribution in [0.5, 0.6) is 0 Å². The van der Waals surface area contributed by atoms with Gasteiger partial charge in [-0.25, -0.2) is 13.1 Å². The van der Waals surface area contributed by atoms with Crippen molar-refractivity contribution < 1.29 is 8.42 Å². The van der Waals surface area contributed by atoms with E-state index in [9.17, 15) is 8.42 Å². The predicted octanol–water partition coefficient (Wildman–Crippen LogP) is 1.09. The molecular formula is C11H24N2O2S. The van der Waals surface area contributed by atoms with Crippen LogP contribution < -0.4 is 10.0 Å². The first-order valence-electron chi connectivity index (χ1n) is 6.18. The van der Waals surface area contributed by atoms with E-state index < -0.39 is 10.0 Å². The zero-order chi connectivity index (χ0) is 12.2. The van der Waals surface area contributed by atoms with Crippen LogP contribution in [0.4, 0.5) is 0 Å². The first kappa shape index (κ1) is 13.9. The molecule has 16 heavy (non-hydrogen) atoms. The Bertz CT molecular complexity index is 299. The van der Waals surface area contributed by atoms with Gasteiger partial charge in [0.25, 0.3) is 0 Å². The van der Waals surface area contributed by atoms with E-state index in [4.69, 9.17) is 0 Å². The Morgan fingerprint density at radius 1 is 1.31 bits per heavy atom. The van der Waals surface area contributed by atoms with E-state index in [1.54, 1.807) is 0 Å². The van der Waals surface area contributed by atoms with Gasteiger partial charge in [-0.05, 0) is 25.7 Å². The molecule has 2 N–H and O–H groups in total. The standard InChI is InChI=1S/C11H24N2O2S/c1-4-9(2)10(3)13-16(14,15)8-7-12-11-5-6-11/h9-13H,4-8H2,1-3H3. The second-order valence-corrected chi connectivity index (χ2v) is 6.71. The third-order valence-corrected chi connectivity index (χ3v) is 4.72. The van der Waals surface area contributed by atoms with E-state index in [1.807, 2.05) is 6.92 Å². The number of hydrogen-bond donors (Lipinski definition) is 2. The SMILES string of the molecule is CCC(C)C(C)NS(=O)(=O)CCNC1CC1. The molecule has 1 fully saturated rings. The summed E-state index contributed by atoms with van der Waals surface area (Å²) in [6.45, 7) is 6.63. The maximum absolute atomic E-state index is 11.7. The van der Waals surface area contributed by atoms with Crippen LogP contribution in [0.1, 0.15) is 40.0 Å². The fourth-order valence-corrected chi connectivity index (χ4v) is 2.80. The van der Waals surface area contributed by atoms with Gasteiger partial charge in [0.2, 0.25) is 10.0 Å². The number of sulfonamides is 1. The molecule has 0 spiro atoms. The van der Waals surface area contributed by atoms with Crippen LogP contribution in [-0.2, 0) is 10.0 Å². The number of hydrogen-bond acceptors (Lipinski definition) is 3. The summed E-state index contributed by atoms with van der Waals surface area (Å²) in [4.78, 5) is 0. The molecule has 1 aliphatic carbocycles. The molecule has 96 valence electrons. The van der Waals surface area contributed by atoms with Crippen LogP contribution in [0.15, 0.2) is 0 Å². The minimum atomic E-state index is -3.12. The smallest absolute Gasteiger partial charge is 0.213 e. The quantitative estimate of drug-likeness (QED) is 0.676. The monoisotopic (exact) mass is 248 g/mol. The maximum atomic E-state index is 11.7. The highest BCUT2D eigenvalue weighted by molar-refractivity contribution is 7.89. The van der Waals surface area contributed by atoms with E-state index in [0.717, 1.165) is 6.42 Å². The maximum Gasteiger partial charge on any atom is 0.213 e. The zero-order valence-corrected chi connectivity index (χ0v) is 11.3. The Kier molecular flexibility index (Phi) is 5.21. The van der Waals surface area contributed by atoms with E-state index in [-0.39, 0.29) is 11.8 Å². The molecule has 0 aliphatic heterocycles. The van der Waals surface area contributed by atoms with Gasteiger partial charge in [-0.2, -0.15) is 0 Å². The van der Waals surface area contributed by atoms with E-state index >= 15 is 0 Å². The van der Waals surface area contributed by atoms with Gasteiger partial charge in [-0.15, -0.1) is 0 Å². The van der Waals surface area contributed by atoms with Crippen molar-refractivity contribution >= 4 is 10.0 Å². The van der Waals surface area contributed by atoms with Gasteiger partial charge in [-0.1, -0.05) is 20.3 Å². The van der Waals surface area contributed by atoms with Gasteiger partial charge < -0.3 is 5.32 Å². The highest BCUT2D eigenvalue weighted by Crippen LogP contribution is 2.18. The third kappa shape index (κ3) is 5.27. The Balaban J connectivity index is 2.25. The molecule has 0 heterocycles. The molecule has 0 amide bonds. The lowest BCUT2D eigenvalue weighted by Crippen LogP contribution is -2.40. The summed E-state index contributed by atoms with van der Waals surface area (Å²) in [5.74, 6) is 0.566. The zero-order valence-electron chi connectivity index (χ0n) is 10.5. The molecule has 0 bridgehead atoms. The minimum Gasteiger partial charge on any atom is -0.313 e. The molecular weight excluding hydrogens is 224 g/mol. The second-order valence-electron chi connectivity index (χ2n) is 4.84. The summed E-state index contributed by atoms with van der Waals surface area (Å²) in [5, 5.41) is 3.21. The topological polar surface area (TPSA) is 58.2 Å². The third-order valence-electron chi connectivity index (χ3n) is 3.24. The summed E-state index contributed by atoms with van der Waals surface area (Å²) in [5.41, 5.74) is 0. The lowest BCUT2D eigenvalue weighted by molar-refractivity contribution is 0.433. The van der Waals surface area contributed by atoms with Crippen molar-refractivity contribution in [1.82, 2.24) is 10.0 Å². The van der Waals surface area contributed by atoms with Crippen LogP contribution in [0.2, 0.25) is 0 Å². The van der Waals surface area contributed by atoms with Crippen LogP contribution in [-0.4, -0.2) is 32.8 Å². The Labute approximate surface area is 99.2 Å². The summed E-state index contributed by atoms with van der Waals surface area (Å²) >= 11 is 0. The lowest BCUT2D eigenvalue weighted by Gasteiger charge is -2.19. The largest absolute Gasteiger partial charge is 0.313 e. The van der Waals surface area contributed by atoms with Gasteiger partial charge in [0.05, 0.1) is 5.75 Å². The molecule has 0 saturated heterocycles. The van der Waals surface area contributed by atoms with Crippen LogP contribution in [0.25, 0.3) is 0 Å². The van der Waals surface area contributed by atoms with Crippen molar-refractivity contribution in [2.45, 2.75) is 52.1 Å². The number of nitrogens with one attached hydrogen (secondary N) is 2. The molecule has 1 saturated carbocycles. The molecule has 4 nitrogen and oxygen atoms in total. The Hall–Kier alpha value is -0.130. The molecule has 5 heteroatoms. The molecule has 2 unspecified atom stereocenters. The highest BCUT2D eigenvalue weighted by Gasteiger charge is 2.22. The van der Waals surface area contributed by atoms with E-state index in [1.165, 1.54) is 12.8 Å². The van der Waals surface area contributed by atoms with Gasteiger partial charge >= 0.3 is 0 Å². The summed E-state index contributed by atoms with van der Waals surface area (Å²) in [6, 6.07) is 0.595. The van der Waals surface area contributed by atoms with Crippen molar-refractivity contribution in [3.05, 3.63) is 0 Å². The molecule has 0 aromatic rings. The summed E-state index contributed by atoms with van der Waals surface area (Å²) < 4.78 is 26.2. The molecule has 1 aliphatic rings. The second kappa shape index (κ2) is 5.98. The van der Waals surface area contributed by atoms with Crippen molar-refractivity contribution in [3.8, 4) is 0 Å². The molecule has 2 atom stereocenters. The lowest BCUT2D eigenvalue weighted by atomic mass is 10.0. The van der Waals surface area contributed by atoms with Crippen molar-refractivity contribution in [2.24, 2.45) is 5.92 Å². The molecule has 0 aromatic carbocycles. The van der Waals surface area contributed by atoms with Crippen molar-refractivity contribution in [3.63, 3.8) is 0 Å². The van der Waals surface area contributed by atoms with Gasteiger partial charge in [0.1, 0.15) is 0 Å². The molecule has 1 rings (SSSR count). The Morgan fingerprint density at radius 3 is 2.44 bits per heavy atom. The minimum absolute atomic E-state index is 0.0240. The fraction of sp³-hybridized carbons (Fsp3) is 1.00. The van der Waals surface area contributed by atoms with Crippen LogP contribution >= 0.6 is 0 Å². The summed E-state index contributed by atoms with van der Waals surface area (Å²) in [6.07, 6.45) is 3.37. The normalized spacial score (nSPS) is 20.7. The van der Waals surface area contributed by atoms with Crippen molar-refractivity contribution in [1.29, 1.82) is 0 Å². The molecule has 0 aromatic heterocycles. The van der Waals surface area contributed by atoms with E-state index in [0.29, 0.717) is 18.5 Å². The predicted molar refractivity (Wildman–Crippen MR) is 66.9 cm³/mol. The highest BCUT2D eigenvalue weighted by atomic mass is 32.2. The van der Waals surface area contributed by atoms with Crippen LogP contribution in [0, 0.1) is 5.92 Å². The average molecular weight is 248 g/mol. The first-order valence-corrected chi connectivity index (χ1v) is 7.83. The number of rotatable bonds is 8.